The summed E-state index contributed by atoms with van der Waals surface area (Å²) in [7, 11) is 1.46. The Kier molecular flexibility index (Phi) is 12.2. The number of rotatable bonds is 17. The summed E-state index contributed by atoms with van der Waals surface area (Å²) in [4.78, 5) is 65.4. The zero-order chi connectivity index (χ0) is 53.5. The average Bonchev–Trinajstić information content (AvgIpc) is 3.94. The monoisotopic (exact) mass is 1050 g/mol. The smallest absolute Gasteiger partial charge is 0.256 e. The number of nitrogens with zero attached hydrogens (tertiary/aromatic N) is 2. The molecule has 4 bridgehead atoms. The van der Waals surface area contributed by atoms with Gasteiger partial charge in [-0.1, -0.05) is 31.5 Å². The van der Waals surface area contributed by atoms with Crippen LogP contribution in [-0.2, 0) is 13.0 Å². The molecule has 13 nitrogen and oxygen atoms in total. The van der Waals surface area contributed by atoms with Crippen LogP contribution < -0.4 is 26.6 Å². The number of nitrogens with one attached hydrogen (secondary N) is 5. The molecule has 8 aromatic rings. The normalized spacial score (nSPS) is 19.7. The maximum Gasteiger partial charge on any atom is 0.256 e. The third-order valence-electron chi connectivity index (χ3n) is 15.7. The molecular formula is C59H50F5N7O6. The first-order chi connectivity index (χ1) is 37.1. The van der Waals surface area contributed by atoms with Crippen LogP contribution in [0.5, 0.6) is 0 Å². The molecule has 77 heavy (non-hydrogen) atoms. The van der Waals surface area contributed by atoms with E-state index in [-0.39, 0.29) is 102 Å². The summed E-state index contributed by atoms with van der Waals surface area (Å²) in [6.07, 6.45) is 3.80. The molecule has 0 radical (unpaired) electrons. The fourth-order valence-corrected chi connectivity index (χ4v) is 11.6. The molecule has 4 aromatic carbocycles. The Balaban J connectivity index is 0.920. The first-order valence-corrected chi connectivity index (χ1v) is 25.7. The molecule has 18 heteroatoms. The van der Waals surface area contributed by atoms with E-state index in [0.29, 0.717) is 52.4 Å². The van der Waals surface area contributed by atoms with Gasteiger partial charge in [0.1, 0.15) is 29.0 Å². The van der Waals surface area contributed by atoms with Gasteiger partial charge in [-0.15, -0.1) is 0 Å². The van der Waals surface area contributed by atoms with Gasteiger partial charge in [0.15, 0.2) is 5.76 Å². The van der Waals surface area contributed by atoms with Crippen molar-refractivity contribution in [1.29, 1.82) is 0 Å². The van der Waals surface area contributed by atoms with Crippen molar-refractivity contribution in [3.05, 3.63) is 148 Å². The Morgan fingerprint density at radius 1 is 0.649 bits per heavy atom. The number of aromatic nitrogens is 2. The number of furan rings is 2. The molecule has 0 atom stereocenters. The second kappa shape index (κ2) is 19.0. The lowest BCUT2D eigenvalue weighted by atomic mass is 9.50. The summed E-state index contributed by atoms with van der Waals surface area (Å²) in [6, 6.07) is 23.1. The largest absolute Gasteiger partial charge is 0.437 e. The number of benzene rings is 4. The molecule has 0 saturated heterocycles. The SMILES string of the molecule is CCCc1nc2oc(-c3ccc(F)cc3CNC(=O)c3c(-c4ccc(F)cc4)oc4nc(NCC(F)F)c(-c5ccc(F)c(C(=O)NC67CC(C6)C7)c5)cc34)c(C(=O)NC)c2cc1-c1cccc(C(=O)NC23CC(C2)C3)c1. The second-order valence-electron chi connectivity index (χ2n) is 21.0. The minimum atomic E-state index is -2.83. The Morgan fingerprint density at radius 2 is 1.27 bits per heavy atom. The summed E-state index contributed by atoms with van der Waals surface area (Å²) in [5.74, 6) is -3.12. The van der Waals surface area contributed by atoms with Gasteiger partial charge in [-0.3, -0.25) is 19.2 Å². The maximum atomic E-state index is 15.4. The molecule has 0 aliphatic heterocycles. The van der Waals surface area contributed by atoms with Crippen molar-refractivity contribution in [2.24, 2.45) is 11.8 Å². The van der Waals surface area contributed by atoms with Crippen LogP contribution in [0.15, 0.2) is 106 Å². The number of fused-ring (bicyclic) bond motifs is 2. The highest BCUT2D eigenvalue weighted by Gasteiger charge is 2.58. The van der Waals surface area contributed by atoms with Crippen molar-refractivity contribution in [3.8, 4) is 44.9 Å². The Bertz CT molecular complexity index is 3730. The summed E-state index contributed by atoms with van der Waals surface area (Å²) in [6.45, 7) is 0.787. The van der Waals surface area contributed by atoms with Crippen LogP contribution in [0.25, 0.3) is 67.1 Å². The highest BCUT2D eigenvalue weighted by molar-refractivity contribution is 6.13. The maximum absolute atomic E-state index is 15.4. The van der Waals surface area contributed by atoms with Crippen LogP contribution >= 0.6 is 0 Å². The third kappa shape index (κ3) is 8.92. The van der Waals surface area contributed by atoms with E-state index >= 15 is 8.78 Å². The third-order valence-corrected chi connectivity index (χ3v) is 15.7. The topological polar surface area (TPSA) is 180 Å². The predicted octanol–water partition coefficient (Wildman–Crippen LogP) is 11.5. The fourth-order valence-electron chi connectivity index (χ4n) is 11.6. The van der Waals surface area contributed by atoms with E-state index < -0.39 is 48.1 Å². The molecule has 6 fully saturated rings. The number of aryl methyl sites for hydroxylation is 1. The lowest BCUT2D eigenvalue weighted by molar-refractivity contribution is -0.0442. The number of carbonyl (C=O) groups is 4. The standard InChI is InChI=1S/C59H50F5N7O6/c1-3-5-45-39(32-6-4-7-34(16-32)52(72)70-58-21-29(22-58)23-58)19-42-48(54(74)65-2)50(77-56(42)68-45)38-14-13-37(61)17-35(38)27-67-55(75)47-43-20-40(33-10-15-44(62)41(18-33)53(73)71-59-24-30(25-59)26-59)51(66-28-46(63)64)69-57(43)76-49(47)31-8-11-36(60)12-9-31/h4,6-20,29-30,46H,3,5,21-28H2,1-2H3,(H,65,74)(H,66,69)(H,67,75)(H,70,72)(H,71,73). The molecule has 6 saturated carbocycles. The predicted molar refractivity (Wildman–Crippen MR) is 278 cm³/mol. The van der Waals surface area contributed by atoms with Gasteiger partial charge in [-0.25, -0.2) is 26.9 Å². The molecule has 4 amide bonds. The second-order valence-corrected chi connectivity index (χ2v) is 21.0. The van der Waals surface area contributed by atoms with Crippen molar-refractivity contribution in [2.45, 2.75) is 82.3 Å². The summed E-state index contributed by atoms with van der Waals surface area (Å²) in [5.41, 5.74) is 2.69. The van der Waals surface area contributed by atoms with E-state index in [2.05, 4.69) is 31.6 Å². The summed E-state index contributed by atoms with van der Waals surface area (Å²) in [5, 5.41) is 14.7. The molecule has 392 valence electrons. The van der Waals surface area contributed by atoms with Gasteiger partial charge >= 0.3 is 0 Å². The number of amides is 4. The van der Waals surface area contributed by atoms with Gasteiger partial charge in [0.05, 0.1) is 39.7 Å². The molecule has 5 N–H and O–H groups in total. The zero-order valence-electron chi connectivity index (χ0n) is 41.8. The number of halogens is 5. The first kappa shape index (κ1) is 49.5. The number of carbonyl (C=O) groups excluding carboxylic acids is 4. The summed E-state index contributed by atoms with van der Waals surface area (Å²) < 4.78 is 85.5. The molecule has 6 aliphatic carbocycles. The van der Waals surface area contributed by atoms with Crippen LogP contribution in [-0.4, -0.2) is 64.7 Å². The van der Waals surface area contributed by atoms with E-state index in [4.69, 9.17) is 13.8 Å². The van der Waals surface area contributed by atoms with Gasteiger partial charge in [0.25, 0.3) is 30.1 Å². The van der Waals surface area contributed by atoms with Crippen LogP contribution in [0, 0.1) is 29.3 Å². The molecule has 4 heterocycles. The number of hydrogen-bond donors (Lipinski definition) is 5. The molecule has 6 aliphatic rings. The van der Waals surface area contributed by atoms with Crippen molar-refractivity contribution in [1.82, 2.24) is 31.2 Å². The number of alkyl halides is 2. The fraction of sp³-hybridized carbons (Fsp3) is 0.288. The van der Waals surface area contributed by atoms with Crippen molar-refractivity contribution < 1.29 is 50.0 Å². The molecule has 0 spiro atoms. The minimum Gasteiger partial charge on any atom is -0.437 e. The van der Waals surface area contributed by atoms with Crippen LogP contribution in [0.2, 0.25) is 0 Å². The Hall–Kier alpha value is -8.41. The highest BCUT2D eigenvalue weighted by Crippen LogP contribution is 2.58. The first-order valence-electron chi connectivity index (χ1n) is 25.7. The van der Waals surface area contributed by atoms with E-state index in [1.54, 1.807) is 6.07 Å². The molecule has 14 rings (SSSR count). The van der Waals surface area contributed by atoms with Crippen molar-refractivity contribution >= 4 is 51.6 Å². The highest BCUT2D eigenvalue weighted by atomic mass is 19.3. The number of hydrogen-bond acceptors (Lipinski definition) is 9. The lowest BCUT2D eigenvalue weighted by Crippen LogP contribution is -2.68. The zero-order valence-corrected chi connectivity index (χ0v) is 41.8. The Morgan fingerprint density at radius 3 is 1.94 bits per heavy atom. The minimum absolute atomic E-state index is 0.0392. The molecular weight excluding hydrogens is 998 g/mol. The lowest BCUT2D eigenvalue weighted by Gasteiger charge is -2.61. The van der Waals surface area contributed by atoms with Gasteiger partial charge in [-0.05, 0) is 152 Å². The number of anilines is 1. The molecule has 4 aromatic heterocycles. The van der Waals surface area contributed by atoms with Gasteiger partial charge in [0.2, 0.25) is 11.4 Å². The van der Waals surface area contributed by atoms with Crippen LogP contribution in [0.1, 0.15) is 105 Å². The van der Waals surface area contributed by atoms with Gasteiger partial charge in [-0.2, -0.15) is 4.98 Å². The van der Waals surface area contributed by atoms with Crippen molar-refractivity contribution in [3.63, 3.8) is 0 Å². The average molecular weight is 1050 g/mol. The number of pyridine rings is 2. The van der Waals surface area contributed by atoms with Crippen LogP contribution in [0.3, 0.4) is 0 Å². The van der Waals surface area contributed by atoms with E-state index in [0.717, 1.165) is 56.7 Å². The van der Waals surface area contributed by atoms with Crippen LogP contribution in [0.4, 0.5) is 27.8 Å². The summed E-state index contributed by atoms with van der Waals surface area (Å²) >= 11 is 0. The van der Waals surface area contributed by atoms with Crippen molar-refractivity contribution in [2.75, 3.05) is 18.9 Å². The van der Waals surface area contributed by atoms with Gasteiger partial charge < -0.3 is 35.4 Å². The van der Waals surface area contributed by atoms with E-state index in [9.17, 15) is 32.3 Å². The quantitative estimate of drug-likeness (QED) is 0.0555. The van der Waals surface area contributed by atoms with E-state index in [1.807, 2.05) is 31.2 Å². The van der Waals surface area contributed by atoms with Gasteiger partial charge in [0, 0.05) is 52.5 Å². The molecule has 0 unspecified atom stereocenters. The van der Waals surface area contributed by atoms with E-state index in [1.165, 1.54) is 55.6 Å². The Labute approximate surface area is 437 Å².